The van der Waals surface area contributed by atoms with E-state index in [4.69, 9.17) is 15.2 Å². The zero-order chi connectivity index (χ0) is 24.4. The van der Waals surface area contributed by atoms with Gasteiger partial charge in [-0.15, -0.1) is 0 Å². The first-order chi connectivity index (χ1) is 16.5. The lowest BCUT2D eigenvalue weighted by molar-refractivity contribution is -0.136. The van der Waals surface area contributed by atoms with Crippen LogP contribution in [0.2, 0.25) is 0 Å². The van der Waals surface area contributed by atoms with Crippen LogP contribution in [0.15, 0.2) is 48.5 Å². The molecular weight excluding hydrogens is 428 g/mol. The number of unbranched alkanes of at least 4 members (excludes halogenated alkanes) is 1. The number of ether oxygens (including phenoxy) is 2. The molecule has 3 N–H and O–H groups in total. The second-order valence-corrected chi connectivity index (χ2v) is 9.31. The van der Waals surface area contributed by atoms with Crippen LogP contribution < -0.4 is 10.5 Å². The Morgan fingerprint density at radius 2 is 1.85 bits per heavy atom. The van der Waals surface area contributed by atoms with Gasteiger partial charge in [0.2, 0.25) is 5.91 Å². The molecule has 0 aliphatic carbocycles. The molecule has 1 heterocycles. The van der Waals surface area contributed by atoms with Crippen molar-refractivity contribution in [1.82, 2.24) is 4.90 Å². The topological polar surface area (TPSA) is 85.0 Å². The molecule has 3 rings (SSSR count). The molecule has 2 aromatic rings. The minimum absolute atomic E-state index is 0.0766. The van der Waals surface area contributed by atoms with Gasteiger partial charge >= 0.3 is 0 Å². The van der Waals surface area contributed by atoms with Gasteiger partial charge in [0.05, 0.1) is 5.60 Å². The van der Waals surface area contributed by atoms with Crippen LogP contribution in [0.1, 0.15) is 56.1 Å². The number of aliphatic hydroxyl groups is 1. The summed E-state index contributed by atoms with van der Waals surface area (Å²) in [7, 11) is 1.70. The Labute approximate surface area is 204 Å². The van der Waals surface area contributed by atoms with Crippen LogP contribution in [0.5, 0.6) is 11.5 Å². The number of likely N-dealkylation sites (tertiary alicyclic amines) is 1. The SMILES string of the molecule is COCCCC[C@@](O)(c1ccccc1Oc1ccccc1C)[C@@H]1CCCN(C(=O)CCCN)C1. The molecule has 1 aliphatic rings. The number of methoxy groups -OCH3 is 1. The predicted molar refractivity (Wildman–Crippen MR) is 135 cm³/mol. The van der Waals surface area contributed by atoms with Gasteiger partial charge in [-0.25, -0.2) is 0 Å². The van der Waals surface area contributed by atoms with Gasteiger partial charge in [0.15, 0.2) is 0 Å². The lowest BCUT2D eigenvalue weighted by Gasteiger charge is -2.43. The van der Waals surface area contributed by atoms with Crippen molar-refractivity contribution in [2.24, 2.45) is 11.7 Å². The highest BCUT2D eigenvalue weighted by Crippen LogP contribution is 2.44. The van der Waals surface area contributed by atoms with Gasteiger partial charge in [0, 0.05) is 44.7 Å². The van der Waals surface area contributed by atoms with Gasteiger partial charge in [0.25, 0.3) is 0 Å². The van der Waals surface area contributed by atoms with Crippen LogP contribution in [-0.2, 0) is 15.1 Å². The Bertz CT molecular complexity index is 919. The summed E-state index contributed by atoms with van der Waals surface area (Å²) in [4.78, 5) is 14.7. The molecule has 34 heavy (non-hydrogen) atoms. The van der Waals surface area contributed by atoms with Crippen LogP contribution >= 0.6 is 0 Å². The number of aryl methyl sites for hydroxylation is 1. The molecule has 186 valence electrons. The molecular formula is C28H40N2O4. The van der Waals surface area contributed by atoms with E-state index in [9.17, 15) is 9.90 Å². The third-order valence-corrected chi connectivity index (χ3v) is 6.87. The van der Waals surface area contributed by atoms with Crippen LogP contribution in [-0.4, -0.2) is 49.3 Å². The lowest BCUT2D eigenvalue weighted by atomic mass is 9.73. The maximum absolute atomic E-state index is 12.8. The van der Waals surface area contributed by atoms with Gasteiger partial charge in [-0.1, -0.05) is 36.4 Å². The van der Waals surface area contributed by atoms with Gasteiger partial charge in [-0.3, -0.25) is 4.79 Å². The fourth-order valence-electron chi connectivity index (χ4n) is 4.91. The van der Waals surface area contributed by atoms with Gasteiger partial charge < -0.3 is 25.2 Å². The van der Waals surface area contributed by atoms with Gasteiger partial charge in [0.1, 0.15) is 11.5 Å². The van der Waals surface area contributed by atoms with Crippen molar-refractivity contribution in [2.45, 2.75) is 57.5 Å². The number of hydrogen-bond donors (Lipinski definition) is 2. The molecule has 0 spiro atoms. The minimum atomic E-state index is -1.11. The van der Waals surface area contributed by atoms with Crippen molar-refractivity contribution in [3.05, 3.63) is 59.7 Å². The van der Waals surface area contributed by atoms with Crippen molar-refractivity contribution in [3.63, 3.8) is 0 Å². The first-order valence-electron chi connectivity index (χ1n) is 12.5. The Balaban J connectivity index is 1.91. The molecule has 6 heteroatoms. The van der Waals surface area contributed by atoms with E-state index in [-0.39, 0.29) is 11.8 Å². The zero-order valence-electron chi connectivity index (χ0n) is 20.7. The number of hydrogen-bond acceptors (Lipinski definition) is 5. The Kier molecular flexibility index (Phi) is 9.93. The van der Waals surface area contributed by atoms with Crippen LogP contribution in [0.4, 0.5) is 0 Å². The highest BCUT2D eigenvalue weighted by molar-refractivity contribution is 5.76. The number of nitrogens with zero attached hydrogens (tertiary/aromatic N) is 1. The second kappa shape index (κ2) is 12.9. The van der Waals surface area contributed by atoms with E-state index in [0.717, 1.165) is 49.1 Å². The highest BCUT2D eigenvalue weighted by Gasteiger charge is 2.42. The largest absolute Gasteiger partial charge is 0.457 e. The molecule has 1 amide bonds. The summed E-state index contributed by atoms with van der Waals surface area (Å²) in [6.07, 6.45) is 5.16. The Hall–Kier alpha value is -2.41. The van der Waals surface area contributed by atoms with Crippen LogP contribution in [0.3, 0.4) is 0 Å². The van der Waals surface area contributed by atoms with Gasteiger partial charge in [-0.05, 0) is 69.7 Å². The maximum Gasteiger partial charge on any atom is 0.222 e. The van der Waals surface area contributed by atoms with E-state index in [1.54, 1.807) is 7.11 Å². The quantitative estimate of drug-likeness (QED) is 0.438. The van der Waals surface area contributed by atoms with E-state index in [2.05, 4.69) is 0 Å². The fraction of sp³-hybridized carbons (Fsp3) is 0.536. The summed E-state index contributed by atoms with van der Waals surface area (Å²) in [5.41, 5.74) is 6.33. The molecule has 1 saturated heterocycles. The summed E-state index contributed by atoms with van der Waals surface area (Å²) >= 11 is 0. The lowest BCUT2D eigenvalue weighted by Crippen LogP contribution is -2.48. The summed E-state index contributed by atoms with van der Waals surface area (Å²) in [6.45, 7) is 4.46. The predicted octanol–water partition coefficient (Wildman–Crippen LogP) is 4.77. The number of carbonyl (C=O) groups is 1. The number of amides is 1. The van der Waals surface area contributed by atoms with E-state index in [1.807, 2.05) is 60.4 Å². The molecule has 6 nitrogen and oxygen atoms in total. The van der Waals surface area contributed by atoms with E-state index in [0.29, 0.717) is 44.7 Å². The monoisotopic (exact) mass is 468 g/mol. The summed E-state index contributed by atoms with van der Waals surface area (Å²) in [5, 5.41) is 12.3. The number of carbonyl (C=O) groups excluding carboxylic acids is 1. The molecule has 0 aromatic heterocycles. The van der Waals surface area contributed by atoms with Crippen molar-refractivity contribution >= 4 is 5.91 Å². The summed E-state index contributed by atoms with van der Waals surface area (Å²) in [5.74, 6) is 1.49. The van der Waals surface area contributed by atoms with Crippen LogP contribution in [0, 0.1) is 12.8 Å². The first-order valence-corrected chi connectivity index (χ1v) is 12.5. The normalized spacial score (nSPS) is 17.9. The molecule has 0 radical (unpaired) electrons. The summed E-state index contributed by atoms with van der Waals surface area (Å²) in [6, 6.07) is 15.7. The van der Waals surface area contributed by atoms with Gasteiger partial charge in [-0.2, -0.15) is 0 Å². The maximum atomic E-state index is 12.8. The third kappa shape index (κ3) is 6.59. The van der Waals surface area contributed by atoms with Crippen molar-refractivity contribution in [1.29, 1.82) is 0 Å². The third-order valence-electron chi connectivity index (χ3n) is 6.87. The Morgan fingerprint density at radius 3 is 2.59 bits per heavy atom. The number of benzene rings is 2. The molecule has 1 aliphatic heterocycles. The average Bonchev–Trinajstić information content (AvgIpc) is 2.87. The average molecular weight is 469 g/mol. The van der Waals surface area contributed by atoms with Crippen molar-refractivity contribution in [3.8, 4) is 11.5 Å². The zero-order valence-corrected chi connectivity index (χ0v) is 20.7. The number of rotatable bonds is 12. The number of nitrogens with two attached hydrogens (primary N) is 1. The molecule has 0 unspecified atom stereocenters. The molecule has 2 atom stereocenters. The Morgan fingerprint density at radius 1 is 1.12 bits per heavy atom. The summed E-state index contributed by atoms with van der Waals surface area (Å²) < 4.78 is 11.6. The molecule has 1 fully saturated rings. The van der Waals surface area contributed by atoms with Crippen molar-refractivity contribution in [2.75, 3.05) is 33.4 Å². The molecule has 2 aromatic carbocycles. The second-order valence-electron chi connectivity index (χ2n) is 9.31. The van der Waals surface area contributed by atoms with E-state index >= 15 is 0 Å². The smallest absolute Gasteiger partial charge is 0.222 e. The molecule has 0 saturated carbocycles. The van der Waals surface area contributed by atoms with Crippen LogP contribution in [0.25, 0.3) is 0 Å². The van der Waals surface area contributed by atoms with Crippen molar-refractivity contribution < 1.29 is 19.4 Å². The number of para-hydroxylation sites is 2. The minimum Gasteiger partial charge on any atom is -0.457 e. The fourth-order valence-corrected chi connectivity index (χ4v) is 4.91. The van der Waals surface area contributed by atoms with E-state index < -0.39 is 5.60 Å². The standard InChI is InChI=1S/C28H40N2O4/c1-22-11-3-5-14-25(22)34-26-15-6-4-13-24(26)28(32,17-7-8-20-33-2)23-12-10-19-30(21-23)27(31)16-9-18-29/h3-6,11,13-15,23,32H,7-10,12,16-21,29H2,1-2H3/t23-,28+/m1/s1. The highest BCUT2D eigenvalue weighted by atomic mass is 16.5. The van der Waals surface area contributed by atoms with E-state index in [1.165, 1.54) is 0 Å². The first kappa shape index (κ1) is 26.2. The molecule has 0 bridgehead atoms. The number of piperidine rings is 1.